The minimum atomic E-state index is 1.14. The Morgan fingerprint density at radius 3 is 2.42 bits per heavy atom. The van der Waals surface area contributed by atoms with E-state index in [9.17, 15) is 0 Å². The maximum absolute atomic E-state index is 2.33. The zero-order valence-electron chi connectivity index (χ0n) is 8.57. The van der Waals surface area contributed by atoms with Crippen molar-refractivity contribution in [1.29, 1.82) is 0 Å². The van der Waals surface area contributed by atoms with Crippen molar-refractivity contribution in [2.75, 3.05) is 0 Å². The maximum Gasteiger partial charge on any atom is -0.0127 e. The first-order valence-electron chi connectivity index (χ1n) is 4.69. The Kier molecular flexibility index (Phi) is 2.91. The van der Waals surface area contributed by atoms with Crippen LogP contribution in [0, 0.1) is 0 Å². The Morgan fingerprint density at radius 2 is 1.83 bits per heavy atom. The molecule has 0 heterocycles. The fraction of sp³-hybridized carbons (Fsp3) is 0.500. The van der Waals surface area contributed by atoms with Crippen molar-refractivity contribution in [2.24, 2.45) is 0 Å². The van der Waals surface area contributed by atoms with E-state index in [1.54, 1.807) is 5.57 Å². The molecule has 0 aromatic rings. The van der Waals surface area contributed by atoms with Crippen LogP contribution in [0.25, 0.3) is 0 Å². The Balaban J connectivity index is 3.01. The van der Waals surface area contributed by atoms with Gasteiger partial charge in [-0.1, -0.05) is 35.8 Å². The van der Waals surface area contributed by atoms with Crippen LogP contribution in [-0.4, -0.2) is 0 Å². The first-order valence-corrected chi connectivity index (χ1v) is 4.69. The molecule has 0 nitrogen and oxygen atoms in total. The molecular formula is C12H18. The molecule has 0 unspecified atom stereocenters. The van der Waals surface area contributed by atoms with E-state index in [1.165, 1.54) is 23.1 Å². The molecule has 66 valence electrons. The second-order valence-corrected chi connectivity index (χ2v) is 3.56. The lowest BCUT2D eigenvalue weighted by Crippen LogP contribution is -1.81. The summed E-state index contributed by atoms with van der Waals surface area (Å²) in [6.07, 6.45) is 6.96. The first-order chi connectivity index (χ1) is 5.65. The largest absolute Gasteiger partial charge is 0.0772 e. The Labute approximate surface area is 75.7 Å². The van der Waals surface area contributed by atoms with Gasteiger partial charge in [0.05, 0.1) is 0 Å². The third-order valence-electron chi connectivity index (χ3n) is 2.69. The highest BCUT2D eigenvalue weighted by molar-refractivity contribution is 5.40. The van der Waals surface area contributed by atoms with Gasteiger partial charge in [0.15, 0.2) is 0 Å². The van der Waals surface area contributed by atoms with Gasteiger partial charge in [0.2, 0.25) is 0 Å². The van der Waals surface area contributed by atoms with Crippen LogP contribution in [0.5, 0.6) is 0 Å². The molecule has 1 rings (SSSR count). The monoisotopic (exact) mass is 162 g/mol. The molecule has 0 amide bonds. The van der Waals surface area contributed by atoms with Crippen molar-refractivity contribution < 1.29 is 0 Å². The Hall–Kier alpha value is -0.780. The van der Waals surface area contributed by atoms with E-state index in [1.807, 2.05) is 0 Å². The summed E-state index contributed by atoms with van der Waals surface area (Å²) >= 11 is 0. The van der Waals surface area contributed by atoms with Crippen molar-refractivity contribution in [3.8, 4) is 0 Å². The van der Waals surface area contributed by atoms with Gasteiger partial charge in [-0.3, -0.25) is 0 Å². The molecular weight excluding hydrogens is 144 g/mol. The molecule has 0 bridgehead atoms. The van der Waals surface area contributed by atoms with E-state index in [2.05, 4.69) is 39.8 Å². The fourth-order valence-corrected chi connectivity index (χ4v) is 1.56. The topological polar surface area (TPSA) is 0 Å². The summed E-state index contributed by atoms with van der Waals surface area (Å²) in [6, 6.07) is 0. The van der Waals surface area contributed by atoms with E-state index in [4.69, 9.17) is 0 Å². The quantitative estimate of drug-likeness (QED) is 0.546. The Bertz CT molecular complexity index is 262. The summed E-state index contributed by atoms with van der Waals surface area (Å²) in [5.41, 5.74) is 5.88. The number of rotatable bonds is 1. The van der Waals surface area contributed by atoms with Crippen LogP contribution in [-0.2, 0) is 0 Å². The highest BCUT2D eigenvalue weighted by Gasteiger charge is 2.03. The molecule has 0 aromatic heterocycles. The van der Waals surface area contributed by atoms with Crippen LogP contribution >= 0.6 is 0 Å². The van der Waals surface area contributed by atoms with Gasteiger partial charge in [0.25, 0.3) is 0 Å². The summed E-state index contributed by atoms with van der Waals surface area (Å²) in [4.78, 5) is 0. The lowest BCUT2D eigenvalue weighted by Gasteiger charge is -2.01. The van der Waals surface area contributed by atoms with Gasteiger partial charge in [-0.25, -0.2) is 0 Å². The van der Waals surface area contributed by atoms with Crippen LogP contribution in [0.2, 0.25) is 0 Å². The van der Waals surface area contributed by atoms with Gasteiger partial charge in [0.1, 0.15) is 0 Å². The normalized spacial score (nSPS) is 18.7. The highest BCUT2D eigenvalue weighted by Crippen LogP contribution is 2.23. The van der Waals surface area contributed by atoms with Gasteiger partial charge < -0.3 is 0 Å². The summed E-state index contributed by atoms with van der Waals surface area (Å²) in [7, 11) is 0. The van der Waals surface area contributed by atoms with E-state index in [-0.39, 0.29) is 0 Å². The molecule has 0 radical (unpaired) electrons. The summed E-state index contributed by atoms with van der Waals surface area (Å²) in [6.45, 7) is 8.83. The van der Waals surface area contributed by atoms with Crippen molar-refractivity contribution in [3.63, 3.8) is 0 Å². The summed E-state index contributed by atoms with van der Waals surface area (Å²) in [5, 5.41) is 0. The molecule has 0 saturated carbocycles. The molecule has 0 saturated heterocycles. The van der Waals surface area contributed by atoms with E-state index < -0.39 is 0 Å². The summed E-state index contributed by atoms with van der Waals surface area (Å²) in [5.74, 6) is 0. The Morgan fingerprint density at radius 1 is 1.17 bits per heavy atom. The minimum absolute atomic E-state index is 1.14. The standard InChI is InChI=1S/C12H18/c1-5-12-7-6-9(2)10(3)8-11(12)4/h6,8H,5,7H2,1-4H3. The van der Waals surface area contributed by atoms with Gasteiger partial charge >= 0.3 is 0 Å². The number of hydrogen-bond acceptors (Lipinski definition) is 0. The third-order valence-corrected chi connectivity index (χ3v) is 2.69. The van der Waals surface area contributed by atoms with Crippen LogP contribution in [0.4, 0.5) is 0 Å². The first kappa shape index (κ1) is 9.31. The number of allylic oxidation sites excluding steroid dienone is 6. The summed E-state index contributed by atoms with van der Waals surface area (Å²) < 4.78 is 0. The average molecular weight is 162 g/mol. The smallest absolute Gasteiger partial charge is 0.0127 e. The molecule has 0 fully saturated rings. The lowest BCUT2D eigenvalue weighted by atomic mass is 10.0. The average Bonchev–Trinajstić information content (AvgIpc) is 2.14. The van der Waals surface area contributed by atoms with Gasteiger partial charge in [0, 0.05) is 0 Å². The van der Waals surface area contributed by atoms with Crippen molar-refractivity contribution >= 4 is 0 Å². The molecule has 0 atom stereocenters. The molecule has 0 aromatic carbocycles. The molecule has 0 spiro atoms. The van der Waals surface area contributed by atoms with Crippen LogP contribution in [0.3, 0.4) is 0 Å². The molecule has 0 heteroatoms. The van der Waals surface area contributed by atoms with Crippen molar-refractivity contribution in [3.05, 3.63) is 34.4 Å². The molecule has 0 aliphatic heterocycles. The second kappa shape index (κ2) is 3.75. The predicted octanol–water partition coefficient (Wildman–Crippen LogP) is 4.01. The highest BCUT2D eigenvalue weighted by atomic mass is 14.1. The zero-order valence-corrected chi connectivity index (χ0v) is 8.57. The fourth-order valence-electron chi connectivity index (χ4n) is 1.56. The molecule has 12 heavy (non-hydrogen) atoms. The molecule has 0 N–H and O–H groups in total. The molecule has 1 aliphatic carbocycles. The predicted molar refractivity (Wildman–Crippen MR) is 55.1 cm³/mol. The number of hydrogen-bond donors (Lipinski definition) is 0. The van der Waals surface area contributed by atoms with Crippen LogP contribution < -0.4 is 0 Å². The lowest BCUT2D eigenvalue weighted by molar-refractivity contribution is 1.01. The van der Waals surface area contributed by atoms with Gasteiger partial charge in [-0.2, -0.15) is 0 Å². The van der Waals surface area contributed by atoms with Crippen molar-refractivity contribution in [1.82, 2.24) is 0 Å². The minimum Gasteiger partial charge on any atom is -0.0772 e. The van der Waals surface area contributed by atoms with Crippen LogP contribution in [0.15, 0.2) is 34.4 Å². The van der Waals surface area contributed by atoms with E-state index in [0.717, 1.165) is 6.42 Å². The zero-order chi connectivity index (χ0) is 9.14. The van der Waals surface area contributed by atoms with Crippen molar-refractivity contribution in [2.45, 2.75) is 40.5 Å². The van der Waals surface area contributed by atoms with Gasteiger partial charge in [-0.05, 0) is 39.2 Å². The van der Waals surface area contributed by atoms with E-state index >= 15 is 0 Å². The van der Waals surface area contributed by atoms with Gasteiger partial charge in [-0.15, -0.1) is 0 Å². The third kappa shape index (κ3) is 1.88. The maximum atomic E-state index is 2.33. The molecule has 1 aliphatic rings. The van der Waals surface area contributed by atoms with E-state index in [0.29, 0.717) is 0 Å². The van der Waals surface area contributed by atoms with Crippen LogP contribution in [0.1, 0.15) is 40.5 Å². The second-order valence-electron chi connectivity index (χ2n) is 3.56. The SMILES string of the molecule is CCC1=C(C)C=C(C)C(C)=CC1.